The zero-order chi connectivity index (χ0) is 20.8. The molecule has 156 valence electrons. The van der Waals surface area contributed by atoms with Gasteiger partial charge in [-0.05, 0) is 59.3 Å². The molecule has 1 fully saturated rings. The lowest BCUT2D eigenvalue weighted by Crippen LogP contribution is -2.55. The molecule has 1 heterocycles. The minimum Gasteiger partial charge on any atom is -0.464 e. The third kappa shape index (κ3) is 7.03. The number of carbonyl (C=O) groups excluding carboxylic acids is 3. The van der Waals surface area contributed by atoms with Crippen LogP contribution in [0.25, 0.3) is 0 Å². The molecule has 2 amide bonds. The first-order valence-electron chi connectivity index (χ1n) is 9.98. The van der Waals surface area contributed by atoms with Gasteiger partial charge in [-0.3, -0.25) is 4.79 Å². The number of alkyl carbamates (subject to hydrolysis) is 1. The number of hydrogen-bond acceptors (Lipinski definition) is 5. The van der Waals surface area contributed by atoms with Crippen molar-refractivity contribution in [2.75, 3.05) is 6.61 Å². The zero-order valence-corrected chi connectivity index (χ0v) is 17.8. The molecule has 1 saturated heterocycles. The minimum atomic E-state index is -0.732. The summed E-state index contributed by atoms with van der Waals surface area (Å²) in [6.45, 7) is 13.3. The Bertz CT molecular complexity index is 527. The van der Waals surface area contributed by atoms with Gasteiger partial charge in [0.25, 0.3) is 0 Å². The third-order valence-electron chi connectivity index (χ3n) is 4.48. The first-order valence-corrected chi connectivity index (χ1v) is 9.98. The Morgan fingerprint density at radius 1 is 1.15 bits per heavy atom. The van der Waals surface area contributed by atoms with Crippen molar-refractivity contribution in [1.82, 2.24) is 10.2 Å². The molecule has 7 heteroatoms. The molecule has 0 saturated carbocycles. The van der Waals surface area contributed by atoms with Crippen molar-refractivity contribution in [2.24, 2.45) is 5.92 Å². The van der Waals surface area contributed by atoms with Crippen molar-refractivity contribution < 1.29 is 23.9 Å². The second-order valence-electron chi connectivity index (χ2n) is 8.48. The van der Waals surface area contributed by atoms with E-state index in [0.29, 0.717) is 12.8 Å². The summed E-state index contributed by atoms with van der Waals surface area (Å²) in [5.41, 5.74) is -0.650. The van der Waals surface area contributed by atoms with Gasteiger partial charge in [0.05, 0.1) is 6.61 Å². The number of ether oxygens (including phenoxy) is 2. The molecule has 0 aromatic heterocycles. The molecule has 7 nitrogen and oxygen atoms in total. The van der Waals surface area contributed by atoms with Gasteiger partial charge in [-0.25, -0.2) is 9.59 Å². The topological polar surface area (TPSA) is 84.9 Å². The summed E-state index contributed by atoms with van der Waals surface area (Å²) in [4.78, 5) is 39.5. The smallest absolute Gasteiger partial charge is 0.408 e. The van der Waals surface area contributed by atoms with E-state index < -0.39 is 23.8 Å². The highest BCUT2D eigenvalue weighted by Gasteiger charge is 2.43. The van der Waals surface area contributed by atoms with Crippen LogP contribution in [-0.4, -0.2) is 53.2 Å². The highest BCUT2D eigenvalue weighted by molar-refractivity contribution is 5.90. The molecule has 3 atom stereocenters. The molecule has 0 radical (unpaired) electrons. The zero-order valence-electron chi connectivity index (χ0n) is 17.8. The summed E-state index contributed by atoms with van der Waals surface area (Å²) < 4.78 is 10.5. The standard InChI is InChI=1S/C20H36N2O5/c1-8-14-10-11-16(18(24)26-9-2)22(14)17(23)15(12-13(3)4)21-19(25)27-20(5,6)7/h13-16H,8-12H2,1-7H3,(H,21,25)/t14-,15?,16-/m0/s1. The van der Waals surface area contributed by atoms with Crippen LogP contribution in [0.2, 0.25) is 0 Å². The molecule has 0 aromatic carbocycles. The van der Waals surface area contributed by atoms with Gasteiger partial charge >= 0.3 is 12.1 Å². The fourth-order valence-electron chi connectivity index (χ4n) is 3.41. The molecule has 1 aliphatic heterocycles. The fourth-order valence-corrected chi connectivity index (χ4v) is 3.41. The maximum Gasteiger partial charge on any atom is 0.408 e. The van der Waals surface area contributed by atoms with Crippen LogP contribution in [0.15, 0.2) is 0 Å². The summed E-state index contributed by atoms with van der Waals surface area (Å²) in [5.74, 6) is -0.420. The number of likely N-dealkylation sites (tertiary alicyclic amines) is 1. The van der Waals surface area contributed by atoms with E-state index >= 15 is 0 Å². The molecule has 0 aliphatic carbocycles. The number of hydrogen-bond donors (Lipinski definition) is 1. The highest BCUT2D eigenvalue weighted by atomic mass is 16.6. The maximum atomic E-state index is 13.3. The van der Waals surface area contributed by atoms with E-state index in [0.717, 1.165) is 12.8 Å². The predicted octanol–water partition coefficient (Wildman–Crippen LogP) is 3.26. The number of esters is 1. The van der Waals surface area contributed by atoms with Crippen LogP contribution in [0.1, 0.15) is 74.1 Å². The molecule has 0 aromatic rings. The average molecular weight is 385 g/mol. The van der Waals surface area contributed by atoms with Gasteiger partial charge in [0.2, 0.25) is 5.91 Å². The Morgan fingerprint density at radius 2 is 1.78 bits per heavy atom. The highest BCUT2D eigenvalue weighted by Crippen LogP contribution is 2.29. The molecular weight excluding hydrogens is 348 g/mol. The van der Waals surface area contributed by atoms with Crippen LogP contribution in [0.3, 0.4) is 0 Å². The summed E-state index contributed by atoms with van der Waals surface area (Å²) in [7, 11) is 0. The van der Waals surface area contributed by atoms with Gasteiger partial charge in [-0.15, -0.1) is 0 Å². The molecule has 1 aliphatic rings. The summed E-state index contributed by atoms with van der Waals surface area (Å²) in [5, 5.41) is 2.71. The Balaban J connectivity index is 3.02. The van der Waals surface area contributed by atoms with E-state index in [1.165, 1.54) is 0 Å². The largest absolute Gasteiger partial charge is 0.464 e. The van der Waals surface area contributed by atoms with Crippen LogP contribution in [-0.2, 0) is 19.1 Å². The van der Waals surface area contributed by atoms with Crippen molar-refractivity contribution in [2.45, 2.75) is 97.9 Å². The molecule has 1 N–H and O–H groups in total. The molecule has 27 heavy (non-hydrogen) atoms. The SMILES string of the molecule is CCOC(=O)[C@@H]1CC[C@H](CC)N1C(=O)C(CC(C)C)NC(=O)OC(C)(C)C. The van der Waals surface area contributed by atoms with Gasteiger partial charge in [-0.2, -0.15) is 0 Å². The molecular formula is C20H36N2O5. The van der Waals surface area contributed by atoms with Crippen molar-refractivity contribution in [3.63, 3.8) is 0 Å². The Labute approximate surface area is 163 Å². The van der Waals surface area contributed by atoms with E-state index in [-0.39, 0.29) is 30.4 Å². The quantitative estimate of drug-likeness (QED) is 0.681. The molecule has 1 rings (SSSR count). The molecule has 0 bridgehead atoms. The van der Waals surface area contributed by atoms with Gasteiger partial charge in [0.1, 0.15) is 17.7 Å². The monoisotopic (exact) mass is 384 g/mol. The Kier molecular flexibility index (Phi) is 8.57. The van der Waals surface area contributed by atoms with E-state index in [9.17, 15) is 14.4 Å². The van der Waals surface area contributed by atoms with E-state index in [1.54, 1.807) is 32.6 Å². The van der Waals surface area contributed by atoms with Crippen LogP contribution >= 0.6 is 0 Å². The summed E-state index contributed by atoms with van der Waals surface area (Å²) in [6.07, 6.45) is 1.95. The number of amides is 2. The lowest BCUT2D eigenvalue weighted by Gasteiger charge is -2.33. The Hall–Kier alpha value is -1.79. The number of nitrogens with zero attached hydrogens (tertiary/aromatic N) is 1. The average Bonchev–Trinajstić information content (AvgIpc) is 2.95. The Morgan fingerprint density at radius 3 is 2.26 bits per heavy atom. The normalized spacial score (nSPS) is 21.1. The lowest BCUT2D eigenvalue weighted by molar-refractivity contribution is -0.155. The van der Waals surface area contributed by atoms with Crippen LogP contribution in [0.4, 0.5) is 4.79 Å². The molecule has 1 unspecified atom stereocenters. The van der Waals surface area contributed by atoms with Crippen molar-refractivity contribution in [3.8, 4) is 0 Å². The fraction of sp³-hybridized carbons (Fsp3) is 0.850. The lowest BCUT2D eigenvalue weighted by atomic mass is 10.0. The first-order chi connectivity index (χ1) is 12.5. The van der Waals surface area contributed by atoms with Crippen molar-refractivity contribution >= 4 is 18.0 Å². The van der Waals surface area contributed by atoms with E-state index in [4.69, 9.17) is 9.47 Å². The second-order valence-corrected chi connectivity index (χ2v) is 8.48. The van der Waals surface area contributed by atoms with Crippen LogP contribution in [0, 0.1) is 5.92 Å². The number of rotatable bonds is 7. The third-order valence-corrected chi connectivity index (χ3v) is 4.48. The maximum absolute atomic E-state index is 13.3. The first kappa shape index (κ1) is 23.2. The van der Waals surface area contributed by atoms with Crippen LogP contribution in [0.5, 0.6) is 0 Å². The van der Waals surface area contributed by atoms with E-state index in [2.05, 4.69) is 5.32 Å². The van der Waals surface area contributed by atoms with Gasteiger partial charge < -0.3 is 19.7 Å². The second kappa shape index (κ2) is 9.95. The van der Waals surface area contributed by atoms with Gasteiger partial charge in [0, 0.05) is 6.04 Å². The number of carbonyl (C=O) groups is 3. The van der Waals surface area contributed by atoms with Crippen LogP contribution < -0.4 is 5.32 Å². The van der Waals surface area contributed by atoms with Gasteiger partial charge in [-0.1, -0.05) is 20.8 Å². The summed E-state index contributed by atoms with van der Waals surface area (Å²) >= 11 is 0. The summed E-state index contributed by atoms with van der Waals surface area (Å²) in [6, 6.07) is -1.34. The predicted molar refractivity (Wildman–Crippen MR) is 103 cm³/mol. The van der Waals surface area contributed by atoms with E-state index in [1.807, 2.05) is 20.8 Å². The number of nitrogens with one attached hydrogen (secondary N) is 1. The van der Waals surface area contributed by atoms with Gasteiger partial charge in [0.15, 0.2) is 0 Å². The molecule has 0 spiro atoms. The van der Waals surface area contributed by atoms with Crippen molar-refractivity contribution in [3.05, 3.63) is 0 Å². The minimum absolute atomic E-state index is 0.0259. The van der Waals surface area contributed by atoms with Crippen molar-refractivity contribution in [1.29, 1.82) is 0 Å².